The third kappa shape index (κ3) is 5.77. The molecule has 8 nitrogen and oxygen atoms in total. The van der Waals surface area contributed by atoms with Gasteiger partial charge in [0.1, 0.15) is 17.2 Å². The Hall–Kier alpha value is -3.10. The summed E-state index contributed by atoms with van der Waals surface area (Å²) in [6.45, 7) is 2.34. The van der Waals surface area contributed by atoms with Crippen LogP contribution >= 0.6 is 0 Å². The molecule has 2 aliphatic rings. The fourth-order valence-corrected chi connectivity index (χ4v) is 3.93. The van der Waals surface area contributed by atoms with E-state index in [-0.39, 0.29) is 24.0 Å². The summed E-state index contributed by atoms with van der Waals surface area (Å²) in [5, 5.41) is 9.26. The van der Waals surface area contributed by atoms with Crippen LogP contribution in [0.25, 0.3) is 0 Å². The topological polar surface area (TPSA) is 97.9 Å². The normalized spacial score (nSPS) is 22.3. The number of piperidine rings is 1. The number of carbonyl (C=O) groups is 2. The Morgan fingerprint density at radius 1 is 1.06 bits per heavy atom. The number of ether oxygens (including phenoxy) is 3. The standard InChI is InChI=1S/C24H29N3O5/c1-30-19-11-17-12-20(13-19)32-18-5-2-4-16(10-18)15-31-22-7-9-25-14-21(22)27-23(28)6-3-8-26-24(17)29/h2,4-5,10-13,21-22,25H,3,6-9,14-15H2,1H3,(H,26,29)(H,27,28)/t21-,22-/m0/s1. The largest absolute Gasteiger partial charge is 0.497 e. The molecule has 1 fully saturated rings. The molecule has 8 heteroatoms. The van der Waals surface area contributed by atoms with E-state index < -0.39 is 0 Å². The number of carbonyl (C=O) groups excluding carboxylic acids is 2. The fraction of sp³-hybridized carbons (Fsp3) is 0.417. The Morgan fingerprint density at radius 2 is 1.97 bits per heavy atom. The first-order chi connectivity index (χ1) is 15.6. The highest BCUT2D eigenvalue weighted by Crippen LogP contribution is 2.28. The van der Waals surface area contributed by atoms with Crippen LogP contribution in [-0.4, -0.2) is 50.7 Å². The molecule has 2 aliphatic heterocycles. The minimum absolute atomic E-state index is 0.0401. The van der Waals surface area contributed by atoms with Gasteiger partial charge in [-0.05, 0) is 49.2 Å². The lowest BCUT2D eigenvalue weighted by Gasteiger charge is -2.32. The molecule has 0 unspecified atom stereocenters. The zero-order valence-electron chi connectivity index (χ0n) is 18.2. The van der Waals surface area contributed by atoms with E-state index in [9.17, 15) is 9.59 Å². The molecule has 3 N–H and O–H groups in total. The SMILES string of the molecule is COc1cc2cc(c1)C(=O)NCCCC(=O)N[C@H]1CNCC[C@@H]1OCc1cccc(c1)O2. The average molecular weight is 440 g/mol. The van der Waals surface area contributed by atoms with Crippen molar-refractivity contribution in [3.63, 3.8) is 0 Å². The second kappa shape index (κ2) is 10.5. The van der Waals surface area contributed by atoms with Crippen LogP contribution in [0.15, 0.2) is 42.5 Å². The van der Waals surface area contributed by atoms with E-state index in [2.05, 4.69) is 16.0 Å². The molecule has 2 atom stereocenters. The molecule has 170 valence electrons. The second-order valence-electron chi connectivity index (χ2n) is 8.02. The van der Waals surface area contributed by atoms with Gasteiger partial charge in [-0.3, -0.25) is 9.59 Å². The molecule has 2 heterocycles. The van der Waals surface area contributed by atoms with E-state index in [1.54, 1.807) is 25.3 Å². The van der Waals surface area contributed by atoms with Gasteiger partial charge in [0.25, 0.3) is 5.91 Å². The number of fused-ring (bicyclic) bond motifs is 5. The molecule has 2 aromatic carbocycles. The molecular formula is C24H29N3O5. The minimum Gasteiger partial charge on any atom is -0.497 e. The lowest BCUT2D eigenvalue weighted by molar-refractivity contribution is -0.123. The zero-order valence-corrected chi connectivity index (χ0v) is 18.2. The number of hydrogen-bond donors (Lipinski definition) is 3. The Morgan fingerprint density at radius 3 is 2.84 bits per heavy atom. The fourth-order valence-electron chi connectivity index (χ4n) is 3.93. The van der Waals surface area contributed by atoms with Crippen LogP contribution in [0.2, 0.25) is 0 Å². The second-order valence-corrected chi connectivity index (χ2v) is 8.02. The van der Waals surface area contributed by atoms with Gasteiger partial charge in [0.2, 0.25) is 5.91 Å². The summed E-state index contributed by atoms with van der Waals surface area (Å²) in [5.41, 5.74) is 1.40. The molecule has 32 heavy (non-hydrogen) atoms. The molecule has 0 spiro atoms. The van der Waals surface area contributed by atoms with Crippen LogP contribution in [0.5, 0.6) is 17.2 Å². The predicted octanol–water partition coefficient (Wildman–Crippen LogP) is 2.37. The van der Waals surface area contributed by atoms with Crippen molar-refractivity contribution in [3.05, 3.63) is 53.6 Å². The summed E-state index contributed by atoms with van der Waals surface area (Å²) in [6.07, 6.45) is 1.63. The van der Waals surface area contributed by atoms with Gasteiger partial charge in [0, 0.05) is 31.1 Å². The first-order valence-corrected chi connectivity index (χ1v) is 11.0. The summed E-state index contributed by atoms with van der Waals surface area (Å²) >= 11 is 0. The Balaban J connectivity index is 1.59. The molecular weight excluding hydrogens is 410 g/mol. The van der Waals surface area contributed by atoms with Gasteiger partial charge in [0.05, 0.1) is 25.9 Å². The molecule has 4 bridgehead atoms. The van der Waals surface area contributed by atoms with E-state index in [1.165, 1.54) is 0 Å². The van der Waals surface area contributed by atoms with E-state index >= 15 is 0 Å². The third-order valence-corrected chi connectivity index (χ3v) is 5.61. The molecule has 1 saturated heterocycles. The summed E-state index contributed by atoms with van der Waals surface area (Å²) < 4.78 is 17.6. The number of nitrogens with one attached hydrogen (secondary N) is 3. The van der Waals surface area contributed by atoms with Crippen LogP contribution in [0.4, 0.5) is 0 Å². The maximum Gasteiger partial charge on any atom is 0.251 e. The van der Waals surface area contributed by atoms with Crippen molar-refractivity contribution < 1.29 is 23.8 Å². The van der Waals surface area contributed by atoms with E-state index in [4.69, 9.17) is 14.2 Å². The summed E-state index contributed by atoms with van der Waals surface area (Å²) in [4.78, 5) is 25.1. The molecule has 0 saturated carbocycles. The van der Waals surface area contributed by atoms with Crippen LogP contribution in [-0.2, 0) is 16.1 Å². The van der Waals surface area contributed by atoms with Gasteiger partial charge in [-0.1, -0.05) is 12.1 Å². The van der Waals surface area contributed by atoms with E-state index in [0.29, 0.717) is 55.4 Å². The van der Waals surface area contributed by atoms with Crippen molar-refractivity contribution in [2.75, 3.05) is 26.7 Å². The minimum atomic E-state index is -0.242. The summed E-state index contributed by atoms with van der Waals surface area (Å²) in [5.74, 6) is 1.39. The summed E-state index contributed by atoms with van der Waals surface area (Å²) in [6, 6.07) is 12.6. The van der Waals surface area contributed by atoms with Gasteiger partial charge in [0.15, 0.2) is 0 Å². The number of methoxy groups -OCH3 is 1. The van der Waals surface area contributed by atoms with Crippen molar-refractivity contribution in [1.82, 2.24) is 16.0 Å². The predicted molar refractivity (Wildman–Crippen MR) is 119 cm³/mol. The first kappa shape index (κ1) is 22.1. The van der Waals surface area contributed by atoms with Crippen molar-refractivity contribution in [2.45, 2.75) is 38.0 Å². The third-order valence-electron chi connectivity index (χ3n) is 5.61. The average Bonchev–Trinajstić information content (AvgIpc) is 2.80. The first-order valence-electron chi connectivity index (χ1n) is 11.0. The lowest BCUT2D eigenvalue weighted by atomic mass is 10.0. The molecule has 2 amide bonds. The highest BCUT2D eigenvalue weighted by molar-refractivity contribution is 5.95. The van der Waals surface area contributed by atoms with Gasteiger partial charge < -0.3 is 30.2 Å². The van der Waals surface area contributed by atoms with Crippen LogP contribution in [0.3, 0.4) is 0 Å². The van der Waals surface area contributed by atoms with Crippen molar-refractivity contribution >= 4 is 11.8 Å². The van der Waals surface area contributed by atoms with Crippen molar-refractivity contribution in [1.29, 1.82) is 0 Å². The number of rotatable bonds is 1. The van der Waals surface area contributed by atoms with Crippen LogP contribution in [0, 0.1) is 0 Å². The van der Waals surface area contributed by atoms with Gasteiger partial charge >= 0.3 is 0 Å². The van der Waals surface area contributed by atoms with E-state index in [1.807, 2.05) is 24.3 Å². The zero-order chi connectivity index (χ0) is 22.3. The summed E-state index contributed by atoms with van der Waals surface area (Å²) in [7, 11) is 1.55. The lowest BCUT2D eigenvalue weighted by Crippen LogP contribution is -2.54. The van der Waals surface area contributed by atoms with Gasteiger partial charge in [-0.2, -0.15) is 0 Å². The number of hydrogen-bond acceptors (Lipinski definition) is 6. The molecule has 0 radical (unpaired) electrons. The highest BCUT2D eigenvalue weighted by Gasteiger charge is 2.27. The molecule has 2 aromatic rings. The maximum absolute atomic E-state index is 12.6. The Labute approximate surface area is 187 Å². The molecule has 4 rings (SSSR count). The van der Waals surface area contributed by atoms with Crippen molar-refractivity contribution in [3.8, 4) is 17.2 Å². The smallest absolute Gasteiger partial charge is 0.251 e. The number of benzene rings is 2. The Bertz CT molecular complexity index is 964. The van der Waals surface area contributed by atoms with E-state index in [0.717, 1.165) is 18.5 Å². The maximum atomic E-state index is 12.6. The molecule has 0 aromatic heterocycles. The van der Waals surface area contributed by atoms with Crippen LogP contribution < -0.4 is 25.4 Å². The quantitative estimate of drug-likeness (QED) is 0.631. The highest BCUT2D eigenvalue weighted by atomic mass is 16.5. The van der Waals surface area contributed by atoms with Crippen LogP contribution in [0.1, 0.15) is 35.2 Å². The van der Waals surface area contributed by atoms with Gasteiger partial charge in [-0.25, -0.2) is 0 Å². The molecule has 0 aliphatic carbocycles. The number of amides is 2. The monoisotopic (exact) mass is 439 g/mol. The van der Waals surface area contributed by atoms with Gasteiger partial charge in [-0.15, -0.1) is 0 Å². The van der Waals surface area contributed by atoms with Crippen molar-refractivity contribution in [2.24, 2.45) is 0 Å². The Kier molecular flexibility index (Phi) is 7.24.